The summed E-state index contributed by atoms with van der Waals surface area (Å²) in [4.78, 5) is 22.5. The van der Waals surface area contributed by atoms with Gasteiger partial charge in [0.15, 0.2) is 0 Å². The molecule has 0 radical (unpaired) electrons. The van der Waals surface area contributed by atoms with Gasteiger partial charge in [0, 0.05) is 26.8 Å². The number of carbonyl (C=O) groups excluding carboxylic acids is 1. The number of anilines is 1. The lowest BCUT2D eigenvalue weighted by Gasteiger charge is -2.29. The monoisotopic (exact) mass is 369 g/mol. The van der Waals surface area contributed by atoms with Crippen molar-refractivity contribution in [3.05, 3.63) is 35.4 Å². The zero-order chi connectivity index (χ0) is 18.9. The van der Waals surface area contributed by atoms with Crippen molar-refractivity contribution < 1.29 is 18.0 Å². The van der Waals surface area contributed by atoms with E-state index in [2.05, 4.69) is 20.4 Å². The molecule has 0 unspecified atom stereocenters. The molecule has 0 bridgehead atoms. The van der Waals surface area contributed by atoms with Gasteiger partial charge in [-0.1, -0.05) is 0 Å². The van der Waals surface area contributed by atoms with Crippen molar-refractivity contribution in [3.8, 4) is 0 Å². The maximum atomic E-state index is 12.7. The van der Waals surface area contributed by atoms with Gasteiger partial charge in [-0.25, -0.2) is 14.8 Å². The van der Waals surface area contributed by atoms with E-state index in [1.54, 1.807) is 23.7 Å². The number of carbonyl (C=O) groups is 1. The molecule has 0 aliphatic carbocycles. The summed E-state index contributed by atoms with van der Waals surface area (Å²) < 4.78 is 39.8. The first-order chi connectivity index (χ1) is 12.2. The highest BCUT2D eigenvalue weighted by Gasteiger charge is 2.32. The van der Waals surface area contributed by atoms with Gasteiger partial charge in [0.1, 0.15) is 5.69 Å². The summed E-state index contributed by atoms with van der Waals surface area (Å²) in [5, 5.41) is 7.15. The number of hydrogen-bond acceptors (Lipinski definition) is 5. The molecule has 2 amide bonds. The molecule has 1 aliphatic heterocycles. The number of aromatic nitrogens is 4. The van der Waals surface area contributed by atoms with E-state index in [1.165, 1.54) is 4.90 Å². The lowest BCUT2D eigenvalue weighted by molar-refractivity contribution is -0.141. The van der Waals surface area contributed by atoms with Crippen LogP contribution >= 0.6 is 0 Å². The Labute approximate surface area is 147 Å². The van der Waals surface area contributed by atoms with Crippen LogP contribution in [-0.2, 0) is 25.8 Å². The molecule has 3 heterocycles. The van der Waals surface area contributed by atoms with Crippen molar-refractivity contribution in [1.82, 2.24) is 29.5 Å². The van der Waals surface area contributed by atoms with E-state index >= 15 is 0 Å². The third-order valence-electron chi connectivity index (χ3n) is 3.88. The molecule has 11 heteroatoms. The van der Waals surface area contributed by atoms with Crippen molar-refractivity contribution in [2.75, 3.05) is 26.0 Å². The fourth-order valence-corrected chi connectivity index (χ4v) is 2.63. The van der Waals surface area contributed by atoms with E-state index in [-0.39, 0.29) is 18.5 Å². The molecule has 140 valence electrons. The Hall–Kier alpha value is -2.85. The summed E-state index contributed by atoms with van der Waals surface area (Å²) in [6.45, 7) is 1.73. The minimum atomic E-state index is -4.52. The lowest BCUT2D eigenvalue weighted by Crippen LogP contribution is -2.43. The zero-order valence-electron chi connectivity index (χ0n) is 14.3. The molecule has 0 saturated carbocycles. The van der Waals surface area contributed by atoms with Gasteiger partial charge >= 0.3 is 12.2 Å². The molecule has 26 heavy (non-hydrogen) atoms. The number of urea groups is 1. The Kier molecular flexibility index (Phi) is 4.70. The van der Waals surface area contributed by atoms with Crippen LogP contribution in [0.4, 0.5) is 23.9 Å². The first-order valence-electron chi connectivity index (χ1n) is 7.90. The van der Waals surface area contributed by atoms with E-state index in [0.717, 1.165) is 18.0 Å². The van der Waals surface area contributed by atoms with Gasteiger partial charge < -0.3 is 15.1 Å². The van der Waals surface area contributed by atoms with Crippen LogP contribution in [0.3, 0.4) is 0 Å². The molecule has 0 saturated heterocycles. The molecule has 1 N–H and O–H groups in total. The summed E-state index contributed by atoms with van der Waals surface area (Å²) in [7, 11) is 3.39. The van der Waals surface area contributed by atoms with Crippen LogP contribution in [0.5, 0.6) is 0 Å². The Morgan fingerprint density at radius 1 is 1.35 bits per heavy atom. The summed E-state index contributed by atoms with van der Waals surface area (Å²) in [6.07, 6.45) is -3.46. The molecular weight excluding hydrogens is 351 g/mol. The van der Waals surface area contributed by atoms with Crippen LogP contribution in [0.25, 0.3) is 0 Å². The fraction of sp³-hybridized carbons (Fsp3) is 0.467. The molecule has 1 aliphatic rings. The zero-order valence-corrected chi connectivity index (χ0v) is 14.3. The van der Waals surface area contributed by atoms with E-state index < -0.39 is 11.9 Å². The summed E-state index contributed by atoms with van der Waals surface area (Å²) in [5.41, 5.74) is 0.505. The first-order valence-corrected chi connectivity index (χ1v) is 7.90. The van der Waals surface area contributed by atoms with Crippen molar-refractivity contribution in [3.63, 3.8) is 0 Å². The predicted molar refractivity (Wildman–Crippen MR) is 86.1 cm³/mol. The largest absolute Gasteiger partial charge is 0.433 e. The second kappa shape index (κ2) is 6.81. The Bertz CT molecular complexity index is 803. The number of amides is 2. The van der Waals surface area contributed by atoms with Crippen LogP contribution < -0.4 is 5.32 Å². The normalized spacial score (nSPS) is 14.1. The number of nitrogens with one attached hydrogen (secondary N) is 1. The lowest BCUT2D eigenvalue weighted by atomic mass is 10.3. The smallest absolute Gasteiger partial charge is 0.348 e. The number of alkyl halides is 3. The van der Waals surface area contributed by atoms with Crippen molar-refractivity contribution >= 4 is 12.0 Å². The number of halogens is 3. The molecule has 0 spiro atoms. The second-order valence-corrected chi connectivity index (χ2v) is 6.07. The van der Waals surface area contributed by atoms with Gasteiger partial charge in [0.05, 0.1) is 31.0 Å². The minimum absolute atomic E-state index is 0.0745. The fourth-order valence-electron chi connectivity index (χ4n) is 2.63. The quantitative estimate of drug-likeness (QED) is 0.893. The molecule has 2 aromatic heterocycles. The van der Waals surface area contributed by atoms with Gasteiger partial charge in [-0.3, -0.25) is 4.68 Å². The maximum absolute atomic E-state index is 12.7. The number of hydrogen-bond donors (Lipinski definition) is 1. The van der Waals surface area contributed by atoms with Crippen molar-refractivity contribution in [2.24, 2.45) is 0 Å². The highest BCUT2D eigenvalue weighted by molar-refractivity contribution is 5.73. The van der Waals surface area contributed by atoms with Gasteiger partial charge in [-0.2, -0.15) is 18.3 Å². The first kappa shape index (κ1) is 18.0. The van der Waals surface area contributed by atoms with Gasteiger partial charge in [0.25, 0.3) is 0 Å². The SMILES string of the molecule is CN(C)C(=O)N1CCn2nc(CNc3nccc(C(F)(F)F)n3)cc2C1. The molecule has 0 fully saturated rings. The van der Waals surface area contributed by atoms with Crippen molar-refractivity contribution in [2.45, 2.75) is 25.8 Å². The van der Waals surface area contributed by atoms with Crippen LogP contribution in [-0.4, -0.2) is 56.2 Å². The summed E-state index contributed by atoms with van der Waals surface area (Å²) >= 11 is 0. The van der Waals surface area contributed by atoms with E-state index in [0.29, 0.717) is 25.3 Å². The molecular formula is C15H18F3N7O. The van der Waals surface area contributed by atoms with Crippen LogP contribution in [0.2, 0.25) is 0 Å². The summed E-state index contributed by atoms with van der Waals surface area (Å²) in [5.74, 6) is -0.116. The van der Waals surface area contributed by atoms with E-state index in [4.69, 9.17) is 0 Å². The Morgan fingerprint density at radius 2 is 2.12 bits per heavy atom. The number of nitrogens with zero attached hydrogens (tertiary/aromatic N) is 6. The average Bonchev–Trinajstić information content (AvgIpc) is 3.00. The third-order valence-corrected chi connectivity index (χ3v) is 3.88. The molecule has 8 nitrogen and oxygen atoms in total. The van der Waals surface area contributed by atoms with Crippen LogP contribution in [0.15, 0.2) is 18.3 Å². The topological polar surface area (TPSA) is 79.2 Å². The van der Waals surface area contributed by atoms with Gasteiger partial charge in [-0.15, -0.1) is 0 Å². The van der Waals surface area contributed by atoms with E-state index in [1.807, 2.05) is 6.07 Å². The summed E-state index contributed by atoms with van der Waals surface area (Å²) in [6, 6.07) is 2.56. The standard InChI is InChI=1S/C15H18F3N7O/c1-23(2)14(26)24-5-6-25-11(9-24)7-10(22-25)8-20-13-19-4-3-12(21-13)15(16,17)18/h3-4,7H,5-6,8-9H2,1-2H3,(H,19,20,21). The Balaban J connectivity index is 1.66. The predicted octanol–water partition coefficient (Wildman–Crippen LogP) is 1.80. The minimum Gasteiger partial charge on any atom is -0.348 e. The maximum Gasteiger partial charge on any atom is 0.433 e. The van der Waals surface area contributed by atoms with Gasteiger partial charge in [0.2, 0.25) is 5.95 Å². The highest BCUT2D eigenvalue weighted by Crippen LogP contribution is 2.27. The van der Waals surface area contributed by atoms with Crippen LogP contribution in [0.1, 0.15) is 17.1 Å². The second-order valence-electron chi connectivity index (χ2n) is 6.07. The third kappa shape index (κ3) is 3.86. The van der Waals surface area contributed by atoms with Crippen LogP contribution in [0, 0.1) is 0 Å². The Morgan fingerprint density at radius 3 is 2.81 bits per heavy atom. The molecule has 0 atom stereocenters. The molecule has 3 rings (SSSR count). The highest BCUT2D eigenvalue weighted by atomic mass is 19.4. The van der Waals surface area contributed by atoms with E-state index in [9.17, 15) is 18.0 Å². The molecule has 2 aromatic rings. The van der Waals surface area contributed by atoms with Crippen molar-refractivity contribution in [1.29, 1.82) is 0 Å². The van der Waals surface area contributed by atoms with Gasteiger partial charge in [-0.05, 0) is 12.1 Å². The average molecular weight is 369 g/mol. The molecule has 0 aromatic carbocycles. The number of rotatable bonds is 3. The number of fused-ring (bicyclic) bond motifs is 1.